The van der Waals surface area contributed by atoms with Gasteiger partial charge in [-0.2, -0.15) is 0 Å². The van der Waals surface area contributed by atoms with Gasteiger partial charge in [-0.25, -0.2) is 4.63 Å². The van der Waals surface area contributed by atoms with E-state index in [1.807, 2.05) is 6.92 Å². The molecule has 7 heteroatoms. The number of amides is 1. The number of carbonyl (C=O) groups is 1. The van der Waals surface area contributed by atoms with Gasteiger partial charge in [0.05, 0.1) is 10.6 Å². The maximum atomic E-state index is 12.0. The van der Waals surface area contributed by atoms with Crippen molar-refractivity contribution in [2.45, 2.75) is 13.3 Å². The van der Waals surface area contributed by atoms with Crippen LogP contribution in [-0.4, -0.2) is 16.2 Å². The van der Waals surface area contributed by atoms with Gasteiger partial charge in [-0.05, 0) is 29.8 Å². The molecule has 1 amide bonds. The molecule has 18 heavy (non-hydrogen) atoms. The number of hydrogen-bond acceptors (Lipinski definition) is 4. The summed E-state index contributed by atoms with van der Waals surface area (Å²) in [5.74, 6) is -0.0874. The zero-order valence-corrected chi connectivity index (χ0v) is 10.9. The molecule has 94 valence electrons. The number of aromatic nitrogens is 2. The normalized spacial score (nSPS) is 10.4. The summed E-state index contributed by atoms with van der Waals surface area (Å²) in [6.45, 7) is 1.88. The van der Waals surface area contributed by atoms with Crippen LogP contribution < -0.4 is 5.32 Å². The van der Waals surface area contributed by atoms with E-state index in [1.165, 1.54) is 6.07 Å². The van der Waals surface area contributed by atoms with E-state index >= 15 is 0 Å². The second-order valence-electron chi connectivity index (χ2n) is 3.49. The lowest BCUT2D eigenvalue weighted by Crippen LogP contribution is -2.13. The van der Waals surface area contributed by atoms with Crippen molar-refractivity contribution >= 4 is 34.9 Å². The Morgan fingerprint density at radius 3 is 2.83 bits per heavy atom. The minimum atomic E-state index is -0.387. The van der Waals surface area contributed by atoms with E-state index in [2.05, 4.69) is 20.3 Å². The predicted octanol–water partition coefficient (Wildman–Crippen LogP) is 3.19. The Labute approximate surface area is 113 Å². The molecular weight excluding hydrogens is 277 g/mol. The first-order valence-corrected chi connectivity index (χ1v) is 5.95. The molecule has 0 atom stereocenters. The molecule has 1 aromatic heterocycles. The highest BCUT2D eigenvalue weighted by Gasteiger charge is 2.15. The first-order valence-electron chi connectivity index (χ1n) is 5.19. The zero-order valence-electron chi connectivity index (χ0n) is 9.41. The fraction of sp³-hybridized carbons (Fsp3) is 0.182. The number of anilines is 1. The average Bonchev–Trinajstić information content (AvgIpc) is 2.76. The van der Waals surface area contributed by atoms with Crippen molar-refractivity contribution in [3.05, 3.63) is 39.5 Å². The van der Waals surface area contributed by atoms with Crippen LogP contribution in [0.2, 0.25) is 10.0 Å². The van der Waals surface area contributed by atoms with E-state index in [9.17, 15) is 4.79 Å². The van der Waals surface area contributed by atoms with Crippen LogP contribution in [-0.2, 0) is 6.42 Å². The molecule has 2 aromatic rings. The van der Waals surface area contributed by atoms with Gasteiger partial charge < -0.3 is 5.32 Å². The van der Waals surface area contributed by atoms with Crippen LogP contribution in [0.4, 0.5) is 5.82 Å². The quantitative estimate of drug-likeness (QED) is 0.940. The van der Waals surface area contributed by atoms with Gasteiger partial charge in [0.1, 0.15) is 5.69 Å². The van der Waals surface area contributed by atoms with Gasteiger partial charge in [0.2, 0.25) is 5.82 Å². The summed E-state index contributed by atoms with van der Waals surface area (Å²) < 4.78 is 4.55. The highest BCUT2D eigenvalue weighted by molar-refractivity contribution is 6.37. The number of nitrogens with one attached hydrogen (secondary N) is 1. The lowest BCUT2D eigenvalue weighted by molar-refractivity contribution is 0.102. The Bertz CT molecular complexity index is 583. The Balaban J connectivity index is 2.22. The van der Waals surface area contributed by atoms with E-state index in [0.29, 0.717) is 28.5 Å². The summed E-state index contributed by atoms with van der Waals surface area (Å²) in [6.07, 6.45) is 0.605. The molecule has 0 saturated carbocycles. The highest BCUT2D eigenvalue weighted by Crippen LogP contribution is 2.22. The van der Waals surface area contributed by atoms with Crippen molar-refractivity contribution in [2.75, 3.05) is 5.32 Å². The molecule has 1 heterocycles. The van der Waals surface area contributed by atoms with Crippen molar-refractivity contribution in [3.8, 4) is 0 Å². The number of rotatable bonds is 3. The monoisotopic (exact) mass is 285 g/mol. The largest absolute Gasteiger partial charge is 0.302 e. The Morgan fingerprint density at radius 2 is 2.17 bits per heavy atom. The van der Waals surface area contributed by atoms with Crippen molar-refractivity contribution < 1.29 is 9.42 Å². The minimum Gasteiger partial charge on any atom is -0.302 e. The molecule has 0 saturated heterocycles. The van der Waals surface area contributed by atoms with Crippen LogP contribution >= 0.6 is 23.2 Å². The van der Waals surface area contributed by atoms with Crippen LogP contribution in [0.1, 0.15) is 23.0 Å². The molecule has 0 aliphatic heterocycles. The van der Waals surface area contributed by atoms with Gasteiger partial charge in [0.25, 0.3) is 5.91 Å². The van der Waals surface area contributed by atoms with E-state index < -0.39 is 0 Å². The summed E-state index contributed by atoms with van der Waals surface area (Å²) in [5.41, 5.74) is 0.888. The second kappa shape index (κ2) is 5.37. The minimum absolute atomic E-state index is 0.273. The van der Waals surface area contributed by atoms with Crippen LogP contribution in [0.5, 0.6) is 0 Å². The average molecular weight is 286 g/mol. The summed E-state index contributed by atoms with van der Waals surface area (Å²) >= 11 is 11.7. The molecule has 0 bridgehead atoms. The number of hydrogen-bond donors (Lipinski definition) is 1. The number of aryl methyl sites for hydroxylation is 1. The van der Waals surface area contributed by atoms with Gasteiger partial charge in [-0.15, -0.1) is 0 Å². The molecule has 0 spiro atoms. The van der Waals surface area contributed by atoms with Crippen molar-refractivity contribution in [3.63, 3.8) is 0 Å². The molecule has 0 radical (unpaired) electrons. The molecule has 1 N–H and O–H groups in total. The maximum Gasteiger partial charge on any atom is 0.258 e. The first-order chi connectivity index (χ1) is 8.61. The number of nitrogens with zero attached hydrogens (tertiary/aromatic N) is 2. The van der Waals surface area contributed by atoms with E-state index in [-0.39, 0.29) is 10.9 Å². The van der Waals surface area contributed by atoms with E-state index in [1.54, 1.807) is 12.1 Å². The second-order valence-corrected chi connectivity index (χ2v) is 4.34. The summed E-state index contributed by atoms with van der Waals surface area (Å²) in [5, 5.41) is 10.6. The Hall–Kier alpha value is -1.59. The van der Waals surface area contributed by atoms with Crippen molar-refractivity contribution in [1.82, 2.24) is 10.3 Å². The van der Waals surface area contributed by atoms with Gasteiger partial charge in [0, 0.05) is 5.02 Å². The van der Waals surface area contributed by atoms with Crippen LogP contribution in [0.3, 0.4) is 0 Å². The molecule has 1 aromatic carbocycles. The van der Waals surface area contributed by atoms with Crippen molar-refractivity contribution in [2.24, 2.45) is 0 Å². The molecule has 5 nitrogen and oxygen atoms in total. The maximum absolute atomic E-state index is 12.0. The molecule has 0 aliphatic carbocycles. The molecule has 0 fully saturated rings. The van der Waals surface area contributed by atoms with E-state index in [0.717, 1.165) is 0 Å². The SMILES string of the molecule is CCc1nonc1NC(=O)c1ccc(Cl)cc1Cl. The Morgan fingerprint density at radius 1 is 1.39 bits per heavy atom. The number of halogens is 2. The third kappa shape index (κ3) is 2.63. The smallest absolute Gasteiger partial charge is 0.258 e. The lowest BCUT2D eigenvalue weighted by atomic mass is 10.2. The predicted molar refractivity (Wildman–Crippen MR) is 68.1 cm³/mol. The third-order valence-corrected chi connectivity index (χ3v) is 2.85. The van der Waals surface area contributed by atoms with Gasteiger partial charge in [-0.1, -0.05) is 35.3 Å². The number of benzene rings is 1. The highest BCUT2D eigenvalue weighted by atomic mass is 35.5. The van der Waals surface area contributed by atoms with E-state index in [4.69, 9.17) is 23.2 Å². The van der Waals surface area contributed by atoms with Gasteiger partial charge in [-0.3, -0.25) is 4.79 Å². The summed E-state index contributed by atoms with van der Waals surface area (Å²) in [6, 6.07) is 4.63. The lowest BCUT2D eigenvalue weighted by Gasteiger charge is -2.04. The third-order valence-electron chi connectivity index (χ3n) is 2.30. The fourth-order valence-corrected chi connectivity index (χ4v) is 1.88. The van der Waals surface area contributed by atoms with Gasteiger partial charge in [0.15, 0.2) is 0 Å². The van der Waals surface area contributed by atoms with Gasteiger partial charge >= 0.3 is 0 Å². The summed E-state index contributed by atoms with van der Waals surface area (Å²) in [4.78, 5) is 12.0. The van der Waals surface area contributed by atoms with Crippen LogP contribution in [0.15, 0.2) is 22.8 Å². The molecule has 2 rings (SSSR count). The standard InChI is InChI=1S/C11H9Cl2N3O2/c1-2-9-10(16-18-15-9)14-11(17)7-4-3-6(12)5-8(7)13/h3-5H,2H2,1H3,(H,14,16,17). The number of carbonyl (C=O) groups excluding carboxylic acids is 1. The Kier molecular flexibility index (Phi) is 3.84. The topological polar surface area (TPSA) is 68.0 Å². The van der Waals surface area contributed by atoms with Crippen LogP contribution in [0.25, 0.3) is 0 Å². The molecular formula is C11H9Cl2N3O2. The summed E-state index contributed by atoms with van der Waals surface area (Å²) in [7, 11) is 0. The molecule has 0 unspecified atom stereocenters. The van der Waals surface area contributed by atoms with Crippen LogP contribution in [0, 0.1) is 0 Å². The first kappa shape index (κ1) is 12.9. The fourth-order valence-electron chi connectivity index (χ4n) is 1.38. The zero-order chi connectivity index (χ0) is 13.1. The molecule has 0 aliphatic rings. The van der Waals surface area contributed by atoms with Crippen molar-refractivity contribution in [1.29, 1.82) is 0 Å².